The molecule has 1 nitrogen and oxygen atoms in total. The minimum Gasteiger partial charge on any atom is -0.456 e. The second-order valence-electron chi connectivity index (χ2n) is 17.8. The SMILES string of the molecule is Cc1ccc2c(c1-c1ccc3c4ccccc4c4cccc5c4=c4c(cccc4c3c1C)c1ccccc1c1ccccc51)Oc1ccccc1C21c2ccccc2Sc2ccccc21. The van der Waals surface area contributed by atoms with Crippen molar-refractivity contribution in [3.05, 3.63) is 250 Å². The van der Waals surface area contributed by atoms with E-state index in [9.17, 15) is 0 Å². The summed E-state index contributed by atoms with van der Waals surface area (Å²) in [6.07, 6.45) is 0. The standard InChI is InChI=1S/C63H40OS/c1-37-33-36-54-62(64-55-30-12-9-27-51(55)63(54)52-28-10-13-31-56(52)65-57-32-14-11-29-53(57)63)58(37)39-34-35-49-45-22-8-7-21-44(45)47-24-15-23-46-42-19-5-3-17-40(42)41-18-4-6-20-43(41)48-25-16-26-50(59(49)38(39)2)61(48)60(46)47/h3-36H,1-2H3. The van der Waals surface area contributed by atoms with Gasteiger partial charge in [0.05, 0.1) is 5.41 Å². The van der Waals surface area contributed by atoms with Crippen LogP contribution < -0.4 is 4.74 Å². The van der Waals surface area contributed by atoms with Gasteiger partial charge in [-0.15, -0.1) is 0 Å². The maximum Gasteiger partial charge on any atom is 0.140 e. The van der Waals surface area contributed by atoms with Crippen LogP contribution in [0.2, 0.25) is 0 Å². The van der Waals surface area contributed by atoms with Gasteiger partial charge in [-0.2, -0.15) is 0 Å². The molecule has 4 aliphatic rings. The van der Waals surface area contributed by atoms with Crippen molar-refractivity contribution in [2.24, 2.45) is 0 Å². The van der Waals surface area contributed by atoms with Crippen molar-refractivity contribution in [3.63, 3.8) is 0 Å². The summed E-state index contributed by atoms with van der Waals surface area (Å²) in [4.78, 5) is 2.55. The van der Waals surface area contributed by atoms with E-state index in [1.165, 1.54) is 124 Å². The van der Waals surface area contributed by atoms with Crippen LogP contribution in [0, 0.1) is 24.3 Å². The lowest BCUT2D eigenvalue weighted by molar-refractivity contribution is 0.432. The molecule has 0 N–H and O–H groups in total. The molecule has 304 valence electrons. The highest BCUT2D eigenvalue weighted by atomic mass is 32.2. The number of aryl methyl sites for hydroxylation is 2. The highest BCUT2D eigenvalue weighted by Gasteiger charge is 2.50. The molecule has 0 radical (unpaired) electrons. The van der Waals surface area contributed by atoms with E-state index in [2.05, 4.69) is 220 Å². The average molecular weight is 845 g/mol. The predicted octanol–water partition coefficient (Wildman–Crippen LogP) is 17.1. The van der Waals surface area contributed by atoms with Crippen LogP contribution in [0.3, 0.4) is 0 Å². The summed E-state index contributed by atoms with van der Waals surface area (Å²) in [5.74, 6) is 1.82. The average Bonchev–Trinajstić information content (AvgIpc) is 3.35. The van der Waals surface area contributed by atoms with Crippen molar-refractivity contribution in [1.29, 1.82) is 0 Å². The molecule has 2 heterocycles. The van der Waals surface area contributed by atoms with E-state index in [-0.39, 0.29) is 0 Å². The van der Waals surface area contributed by atoms with Crippen LogP contribution in [0.4, 0.5) is 0 Å². The molecule has 0 amide bonds. The zero-order valence-corrected chi connectivity index (χ0v) is 36.8. The van der Waals surface area contributed by atoms with E-state index >= 15 is 0 Å². The molecule has 0 unspecified atom stereocenters. The van der Waals surface area contributed by atoms with Gasteiger partial charge >= 0.3 is 0 Å². The summed E-state index contributed by atoms with van der Waals surface area (Å²) in [7, 11) is 0. The second-order valence-corrected chi connectivity index (χ2v) is 18.9. The van der Waals surface area contributed by atoms with E-state index in [1.807, 2.05) is 11.8 Å². The lowest BCUT2D eigenvalue weighted by Crippen LogP contribution is -2.37. The zero-order chi connectivity index (χ0) is 43.0. The van der Waals surface area contributed by atoms with Crippen LogP contribution in [-0.4, -0.2) is 0 Å². The molecule has 0 bridgehead atoms. The Balaban J connectivity index is 1.20. The number of fused-ring (bicyclic) bond motifs is 18. The quantitative estimate of drug-likeness (QED) is 0.163. The first-order valence-electron chi connectivity index (χ1n) is 22.6. The van der Waals surface area contributed by atoms with Crippen molar-refractivity contribution < 1.29 is 4.74 Å². The fraction of sp³-hybridized carbons (Fsp3) is 0.0476. The van der Waals surface area contributed by atoms with Crippen LogP contribution in [0.25, 0.3) is 75.8 Å². The molecule has 10 aromatic rings. The fourth-order valence-electron chi connectivity index (χ4n) is 12.0. The van der Waals surface area contributed by atoms with Gasteiger partial charge in [0.1, 0.15) is 11.5 Å². The Morgan fingerprint density at radius 1 is 0.354 bits per heavy atom. The molecule has 0 fully saturated rings. The number of ether oxygens (including phenoxy) is 1. The van der Waals surface area contributed by atoms with Gasteiger partial charge in [-0.25, -0.2) is 0 Å². The molecule has 65 heavy (non-hydrogen) atoms. The molecule has 14 rings (SSSR count). The number of para-hydroxylation sites is 1. The number of hydrogen-bond donors (Lipinski definition) is 0. The van der Waals surface area contributed by atoms with Gasteiger partial charge in [0.2, 0.25) is 0 Å². The van der Waals surface area contributed by atoms with Crippen LogP contribution in [0.15, 0.2) is 216 Å². The molecule has 0 atom stereocenters. The Hall–Kier alpha value is -7.65. The molecule has 0 saturated carbocycles. The topological polar surface area (TPSA) is 9.23 Å². The van der Waals surface area contributed by atoms with Crippen LogP contribution in [0.1, 0.15) is 33.4 Å². The third-order valence-corrected chi connectivity index (χ3v) is 15.8. The maximum atomic E-state index is 7.36. The normalized spacial score (nSPS) is 13.6. The van der Waals surface area contributed by atoms with E-state index in [1.54, 1.807) is 0 Å². The van der Waals surface area contributed by atoms with Crippen LogP contribution in [0.5, 0.6) is 11.5 Å². The molecule has 1 spiro atoms. The summed E-state index contributed by atoms with van der Waals surface area (Å²) in [5.41, 5.74) is 9.08. The smallest absolute Gasteiger partial charge is 0.140 e. The Kier molecular flexibility index (Phi) is 7.74. The number of hydrogen-bond acceptors (Lipinski definition) is 2. The van der Waals surface area contributed by atoms with Crippen LogP contribution >= 0.6 is 11.8 Å². The molecule has 2 aliphatic heterocycles. The van der Waals surface area contributed by atoms with Crippen molar-refractivity contribution in [1.82, 2.24) is 0 Å². The largest absolute Gasteiger partial charge is 0.456 e. The molecular formula is C63H40OS. The van der Waals surface area contributed by atoms with E-state index in [4.69, 9.17) is 4.74 Å². The minimum atomic E-state index is -0.583. The monoisotopic (exact) mass is 844 g/mol. The highest BCUT2D eigenvalue weighted by molar-refractivity contribution is 7.99. The Morgan fingerprint density at radius 2 is 0.800 bits per heavy atom. The summed E-state index contributed by atoms with van der Waals surface area (Å²) >= 11 is 1.87. The van der Waals surface area contributed by atoms with Gasteiger partial charge in [0.25, 0.3) is 0 Å². The summed E-state index contributed by atoms with van der Waals surface area (Å²) in [6, 6.07) is 77.1. The van der Waals surface area contributed by atoms with Gasteiger partial charge in [0.15, 0.2) is 0 Å². The first-order chi connectivity index (χ1) is 32.1. The van der Waals surface area contributed by atoms with Gasteiger partial charge in [-0.05, 0) is 135 Å². The lowest BCUT2D eigenvalue weighted by Gasteiger charge is -2.45. The Morgan fingerprint density at radius 3 is 1.38 bits per heavy atom. The third kappa shape index (κ3) is 4.90. The summed E-state index contributed by atoms with van der Waals surface area (Å²) in [6.45, 7) is 4.61. The molecular weight excluding hydrogens is 805 g/mol. The third-order valence-electron chi connectivity index (χ3n) is 14.7. The van der Waals surface area contributed by atoms with Crippen molar-refractivity contribution in [2.75, 3.05) is 0 Å². The maximum absolute atomic E-state index is 7.36. The number of rotatable bonds is 1. The minimum absolute atomic E-state index is 0.583. The zero-order valence-electron chi connectivity index (χ0n) is 35.9. The van der Waals surface area contributed by atoms with Crippen molar-refractivity contribution >= 4 is 76.4 Å². The van der Waals surface area contributed by atoms with Crippen LogP contribution in [-0.2, 0) is 5.41 Å². The van der Waals surface area contributed by atoms with Gasteiger partial charge in [-0.3, -0.25) is 0 Å². The Bertz CT molecular complexity index is 4080. The second kappa shape index (κ2) is 13.7. The summed E-state index contributed by atoms with van der Waals surface area (Å²) < 4.78 is 7.36. The van der Waals surface area contributed by atoms with Gasteiger partial charge < -0.3 is 4.74 Å². The number of benzene rings is 10. The van der Waals surface area contributed by atoms with E-state index in [0.29, 0.717) is 0 Å². The van der Waals surface area contributed by atoms with Crippen molar-refractivity contribution in [2.45, 2.75) is 29.1 Å². The lowest BCUT2D eigenvalue weighted by atomic mass is 9.62. The first kappa shape index (κ1) is 36.8. The van der Waals surface area contributed by atoms with E-state index in [0.717, 1.165) is 17.1 Å². The molecule has 2 aliphatic carbocycles. The first-order valence-corrected chi connectivity index (χ1v) is 23.4. The Labute approximate surface area is 380 Å². The van der Waals surface area contributed by atoms with Crippen molar-refractivity contribution in [3.8, 4) is 22.6 Å². The molecule has 2 heteroatoms. The predicted molar refractivity (Wildman–Crippen MR) is 273 cm³/mol. The highest BCUT2D eigenvalue weighted by Crippen LogP contribution is 2.63. The summed E-state index contributed by atoms with van der Waals surface area (Å²) in [5, 5.41) is 17.5. The van der Waals surface area contributed by atoms with Gasteiger partial charge in [-0.1, -0.05) is 200 Å². The van der Waals surface area contributed by atoms with Gasteiger partial charge in [0, 0.05) is 26.5 Å². The fourth-order valence-corrected chi connectivity index (χ4v) is 13.2. The van der Waals surface area contributed by atoms with E-state index < -0.39 is 5.41 Å². The molecule has 0 saturated heterocycles. The molecule has 10 aromatic carbocycles. The molecule has 0 aromatic heterocycles.